The molecule has 1 aliphatic carbocycles. The van der Waals surface area contributed by atoms with Gasteiger partial charge in [0.2, 0.25) is 5.91 Å². The van der Waals surface area contributed by atoms with Gasteiger partial charge in [0.25, 0.3) is 5.56 Å². The average Bonchev–Trinajstić information content (AvgIpc) is 2.95. The molecule has 1 saturated carbocycles. The normalized spacial score (nSPS) is 16.0. The van der Waals surface area contributed by atoms with Crippen molar-refractivity contribution >= 4 is 27.5 Å². The first-order chi connectivity index (χ1) is 12.2. The summed E-state index contributed by atoms with van der Waals surface area (Å²) in [5.41, 5.74) is -0.0749. The van der Waals surface area contributed by atoms with Crippen LogP contribution >= 0.6 is 11.3 Å². The number of fused-ring (bicyclic) bond motifs is 1. The van der Waals surface area contributed by atoms with E-state index in [0.29, 0.717) is 30.9 Å². The molecular formula is C18H26N4O2S. The van der Waals surface area contributed by atoms with Crippen molar-refractivity contribution in [2.45, 2.75) is 57.5 Å². The van der Waals surface area contributed by atoms with Gasteiger partial charge in [0.15, 0.2) is 0 Å². The van der Waals surface area contributed by atoms with E-state index in [2.05, 4.69) is 15.6 Å². The summed E-state index contributed by atoms with van der Waals surface area (Å²) in [6, 6.07) is 2.38. The fourth-order valence-corrected chi connectivity index (χ4v) is 4.05. The summed E-state index contributed by atoms with van der Waals surface area (Å²) in [6.45, 7) is 1.80. The van der Waals surface area contributed by atoms with Crippen LogP contribution in [0.25, 0.3) is 10.2 Å². The van der Waals surface area contributed by atoms with Gasteiger partial charge in [-0.1, -0.05) is 25.7 Å². The molecule has 0 bridgehead atoms. The lowest BCUT2D eigenvalue weighted by molar-refractivity contribution is -0.121. The zero-order chi connectivity index (χ0) is 17.5. The minimum absolute atomic E-state index is 0.0278. The van der Waals surface area contributed by atoms with E-state index in [-0.39, 0.29) is 11.5 Å². The van der Waals surface area contributed by atoms with Crippen molar-refractivity contribution in [2.24, 2.45) is 0 Å². The number of thiophene rings is 1. The number of aromatic nitrogens is 2. The van der Waals surface area contributed by atoms with Crippen molar-refractivity contribution in [3.05, 3.63) is 28.1 Å². The van der Waals surface area contributed by atoms with Gasteiger partial charge in [0.05, 0.1) is 11.7 Å². The molecule has 2 aromatic heterocycles. The number of nitrogens with one attached hydrogen (secondary N) is 2. The molecule has 7 heteroatoms. The second-order valence-corrected chi connectivity index (χ2v) is 7.52. The van der Waals surface area contributed by atoms with Crippen LogP contribution in [0, 0.1) is 0 Å². The topological polar surface area (TPSA) is 76.0 Å². The Balaban J connectivity index is 1.37. The summed E-state index contributed by atoms with van der Waals surface area (Å²) in [5, 5.41) is 8.95. The summed E-state index contributed by atoms with van der Waals surface area (Å²) in [7, 11) is 0. The van der Waals surface area contributed by atoms with Gasteiger partial charge < -0.3 is 10.6 Å². The smallest absolute Gasteiger partial charge is 0.262 e. The molecule has 3 rings (SSSR count). The lowest BCUT2D eigenvalue weighted by atomic mass is 10.1. The molecule has 1 aliphatic rings. The molecule has 136 valence electrons. The predicted octanol–water partition coefficient (Wildman–Crippen LogP) is 2.28. The van der Waals surface area contributed by atoms with Crippen LogP contribution in [0.5, 0.6) is 0 Å². The monoisotopic (exact) mass is 362 g/mol. The van der Waals surface area contributed by atoms with Crippen LogP contribution in [0.15, 0.2) is 22.6 Å². The average molecular weight is 362 g/mol. The first-order valence-corrected chi connectivity index (χ1v) is 10.0. The highest BCUT2D eigenvalue weighted by molar-refractivity contribution is 7.16. The fraction of sp³-hybridized carbons (Fsp3) is 0.611. The van der Waals surface area contributed by atoms with E-state index in [1.807, 2.05) is 5.38 Å². The second kappa shape index (κ2) is 9.10. The van der Waals surface area contributed by atoms with Crippen molar-refractivity contribution in [2.75, 3.05) is 13.1 Å². The Bertz CT molecular complexity index is 747. The van der Waals surface area contributed by atoms with Crippen LogP contribution in [-0.2, 0) is 11.3 Å². The third kappa shape index (κ3) is 5.12. The summed E-state index contributed by atoms with van der Waals surface area (Å²) in [4.78, 5) is 29.2. The molecule has 25 heavy (non-hydrogen) atoms. The zero-order valence-corrected chi connectivity index (χ0v) is 15.3. The molecule has 1 amide bonds. The van der Waals surface area contributed by atoms with Gasteiger partial charge in [-0.25, -0.2) is 4.98 Å². The summed E-state index contributed by atoms with van der Waals surface area (Å²) < 4.78 is 1.51. The maximum Gasteiger partial charge on any atom is 0.262 e. The molecule has 0 aromatic carbocycles. The van der Waals surface area contributed by atoms with E-state index in [0.717, 1.165) is 11.4 Å². The number of hydrogen-bond acceptors (Lipinski definition) is 5. The van der Waals surface area contributed by atoms with Crippen LogP contribution in [-0.4, -0.2) is 34.6 Å². The van der Waals surface area contributed by atoms with Crippen molar-refractivity contribution in [1.29, 1.82) is 0 Å². The highest BCUT2D eigenvalue weighted by Gasteiger charge is 2.11. The van der Waals surface area contributed by atoms with E-state index in [9.17, 15) is 9.59 Å². The molecule has 0 spiro atoms. The molecule has 1 fully saturated rings. The number of rotatable bonds is 7. The Morgan fingerprint density at radius 3 is 2.84 bits per heavy atom. The quantitative estimate of drug-likeness (QED) is 0.585. The number of carbonyl (C=O) groups is 1. The van der Waals surface area contributed by atoms with E-state index < -0.39 is 0 Å². The molecule has 0 aliphatic heterocycles. The third-order valence-corrected chi connectivity index (χ3v) is 5.59. The minimum Gasteiger partial charge on any atom is -0.355 e. The zero-order valence-electron chi connectivity index (χ0n) is 14.5. The van der Waals surface area contributed by atoms with E-state index in [4.69, 9.17) is 0 Å². The second-order valence-electron chi connectivity index (χ2n) is 6.63. The van der Waals surface area contributed by atoms with E-state index >= 15 is 0 Å². The molecule has 0 radical (unpaired) electrons. The maximum absolute atomic E-state index is 12.3. The van der Waals surface area contributed by atoms with Crippen molar-refractivity contribution in [1.82, 2.24) is 20.2 Å². The third-order valence-electron chi connectivity index (χ3n) is 4.77. The van der Waals surface area contributed by atoms with Gasteiger partial charge >= 0.3 is 0 Å². The van der Waals surface area contributed by atoms with Crippen molar-refractivity contribution < 1.29 is 4.79 Å². The number of hydrogen-bond donors (Lipinski definition) is 2. The molecule has 0 unspecified atom stereocenters. The van der Waals surface area contributed by atoms with E-state index in [1.165, 1.54) is 60.8 Å². The van der Waals surface area contributed by atoms with Gasteiger partial charge in [-0.05, 0) is 24.3 Å². The minimum atomic E-state index is -0.0749. The Hall–Kier alpha value is -1.73. The Morgan fingerprint density at radius 1 is 1.24 bits per heavy atom. The lowest BCUT2D eigenvalue weighted by Gasteiger charge is -2.16. The van der Waals surface area contributed by atoms with Gasteiger partial charge in [0.1, 0.15) is 4.83 Å². The number of amides is 1. The Labute approximate surface area is 151 Å². The van der Waals surface area contributed by atoms with Gasteiger partial charge in [0, 0.05) is 32.1 Å². The maximum atomic E-state index is 12.3. The molecular weight excluding hydrogens is 336 g/mol. The first kappa shape index (κ1) is 18.1. The van der Waals surface area contributed by atoms with Crippen LogP contribution < -0.4 is 16.2 Å². The predicted molar refractivity (Wildman–Crippen MR) is 101 cm³/mol. The number of aryl methyl sites for hydroxylation is 1. The molecule has 0 atom stereocenters. The Morgan fingerprint density at radius 2 is 2.04 bits per heavy atom. The Kier molecular flexibility index (Phi) is 6.58. The summed E-state index contributed by atoms with van der Waals surface area (Å²) >= 11 is 1.45. The highest BCUT2D eigenvalue weighted by Crippen LogP contribution is 2.16. The SMILES string of the molecule is O=C(CCn1cnc2sccc2c1=O)NCCNC1CCCCCC1. The number of nitrogens with zero attached hydrogens (tertiary/aromatic N) is 2. The molecule has 2 aromatic rings. The standard InChI is InChI=1S/C18H26N4O2S/c23-16(20-10-9-19-14-5-3-1-2-4-6-14)7-11-22-13-21-17-15(18(22)24)8-12-25-17/h8,12-14,19H,1-7,9-11H2,(H,20,23). The number of carbonyl (C=O) groups excluding carboxylic acids is 1. The van der Waals surface area contributed by atoms with Crippen LogP contribution in [0.1, 0.15) is 44.9 Å². The van der Waals surface area contributed by atoms with E-state index in [1.54, 1.807) is 6.07 Å². The fourth-order valence-electron chi connectivity index (χ4n) is 3.32. The first-order valence-electron chi connectivity index (χ1n) is 9.17. The summed E-state index contributed by atoms with van der Waals surface area (Å²) in [6.07, 6.45) is 9.62. The molecule has 2 N–H and O–H groups in total. The lowest BCUT2D eigenvalue weighted by Crippen LogP contribution is -2.37. The van der Waals surface area contributed by atoms with Crippen molar-refractivity contribution in [3.8, 4) is 0 Å². The van der Waals surface area contributed by atoms with Gasteiger partial charge in [-0.2, -0.15) is 0 Å². The van der Waals surface area contributed by atoms with Crippen LogP contribution in [0.3, 0.4) is 0 Å². The van der Waals surface area contributed by atoms with Crippen LogP contribution in [0.4, 0.5) is 0 Å². The molecule has 0 saturated heterocycles. The highest BCUT2D eigenvalue weighted by atomic mass is 32.1. The van der Waals surface area contributed by atoms with Gasteiger partial charge in [-0.15, -0.1) is 11.3 Å². The summed E-state index contributed by atoms with van der Waals surface area (Å²) in [5.74, 6) is -0.0278. The largest absolute Gasteiger partial charge is 0.355 e. The van der Waals surface area contributed by atoms with Crippen LogP contribution in [0.2, 0.25) is 0 Å². The van der Waals surface area contributed by atoms with Crippen molar-refractivity contribution in [3.63, 3.8) is 0 Å². The van der Waals surface area contributed by atoms with Gasteiger partial charge in [-0.3, -0.25) is 14.2 Å². The molecule has 6 nitrogen and oxygen atoms in total. The molecule has 2 heterocycles.